The Hall–Kier alpha value is -6.76. The van der Waals surface area contributed by atoms with Crippen molar-refractivity contribution in [1.82, 2.24) is 0 Å². The van der Waals surface area contributed by atoms with Gasteiger partial charge in [0.1, 0.15) is 0 Å². The van der Waals surface area contributed by atoms with E-state index >= 15 is 0 Å². The molecular weight excluding hydrogens is 865 g/mol. The molecule has 11 rings (SSSR count). The van der Waals surface area contributed by atoms with Crippen LogP contribution in [-0.2, 0) is 11.8 Å². The molecule has 0 spiro atoms. The van der Waals surface area contributed by atoms with E-state index in [0.717, 1.165) is 25.7 Å². The number of aryl methyl sites for hydroxylation is 3. The van der Waals surface area contributed by atoms with Crippen LogP contribution in [0.1, 0.15) is 161 Å². The summed E-state index contributed by atoms with van der Waals surface area (Å²) in [6.07, 6.45) is 12.8. The van der Waals surface area contributed by atoms with Crippen molar-refractivity contribution in [3.63, 3.8) is 0 Å². The van der Waals surface area contributed by atoms with Crippen LogP contribution in [0.4, 0.5) is 0 Å². The highest BCUT2D eigenvalue weighted by atomic mass is 14.6. The first-order chi connectivity index (χ1) is 34.8. The summed E-state index contributed by atoms with van der Waals surface area (Å²) in [5, 5.41) is 10.6. The van der Waals surface area contributed by atoms with Crippen LogP contribution in [0.3, 0.4) is 0 Å². The van der Waals surface area contributed by atoms with E-state index in [1.54, 1.807) is 5.56 Å². The lowest BCUT2D eigenvalue weighted by molar-refractivity contribution is 0.366. The van der Waals surface area contributed by atoms with Crippen molar-refractivity contribution in [2.24, 2.45) is 0 Å². The predicted molar refractivity (Wildman–Crippen MR) is 316 cm³/mol. The molecule has 4 atom stereocenters. The summed E-state index contributed by atoms with van der Waals surface area (Å²) < 4.78 is 0. The molecule has 3 aliphatic rings. The van der Waals surface area contributed by atoms with Crippen molar-refractivity contribution in [2.45, 2.75) is 132 Å². The zero-order valence-electron chi connectivity index (χ0n) is 45.3. The van der Waals surface area contributed by atoms with E-state index in [0.29, 0.717) is 11.8 Å². The summed E-state index contributed by atoms with van der Waals surface area (Å²) in [5.41, 5.74) is 26.9. The van der Waals surface area contributed by atoms with Gasteiger partial charge in [-0.1, -0.05) is 170 Å². The monoisotopic (exact) mass is 939 g/mol. The molecule has 8 aromatic carbocycles. The molecule has 0 heterocycles. The summed E-state index contributed by atoms with van der Waals surface area (Å²) in [4.78, 5) is 0. The number of allylic oxidation sites excluding steroid dienone is 10. The molecule has 0 saturated carbocycles. The van der Waals surface area contributed by atoms with E-state index in [2.05, 4.69) is 222 Å². The molecule has 0 saturated heterocycles. The van der Waals surface area contributed by atoms with E-state index in [1.165, 1.54) is 143 Å². The highest BCUT2D eigenvalue weighted by molar-refractivity contribution is 6.08. The minimum Gasteiger partial charge on any atom is -0.0988 e. The molecule has 0 aliphatic heterocycles. The van der Waals surface area contributed by atoms with E-state index in [-0.39, 0.29) is 11.3 Å². The Balaban J connectivity index is 0.00000295. The van der Waals surface area contributed by atoms with Crippen molar-refractivity contribution >= 4 is 48.7 Å². The molecule has 3 aliphatic carbocycles. The Labute approximate surface area is 431 Å². The molecular formula is C72H74. The fraction of sp³-hybridized carbons (Fsp3) is 0.278. The number of hydrogen-bond donors (Lipinski definition) is 0. The van der Waals surface area contributed by atoms with Crippen molar-refractivity contribution in [3.05, 3.63) is 242 Å². The van der Waals surface area contributed by atoms with Crippen LogP contribution in [0.5, 0.6) is 0 Å². The van der Waals surface area contributed by atoms with Crippen LogP contribution >= 0.6 is 0 Å². The molecule has 0 nitrogen and oxygen atoms in total. The fourth-order valence-electron chi connectivity index (χ4n) is 13.7. The van der Waals surface area contributed by atoms with E-state index in [1.807, 2.05) is 13.8 Å². The lowest BCUT2D eigenvalue weighted by Crippen LogP contribution is -2.52. The second-order valence-corrected chi connectivity index (χ2v) is 21.4. The fourth-order valence-corrected chi connectivity index (χ4v) is 13.7. The first-order valence-electron chi connectivity index (χ1n) is 27.1. The molecule has 4 unspecified atom stereocenters. The smallest absolute Gasteiger partial charge is 0.0296 e. The van der Waals surface area contributed by atoms with Crippen LogP contribution in [0.15, 0.2) is 181 Å². The molecule has 0 amide bonds. The molecule has 72 heavy (non-hydrogen) atoms. The van der Waals surface area contributed by atoms with E-state index in [4.69, 9.17) is 0 Å². The molecule has 0 fully saturated rings. The summed E-state index contributed by atoms with van der Waals surface area (Å²) >= 11 is 0. The predicted octanol–water partition coefficient (Wildman–Crippen LogP) is 20.7. The first kappa shape index (κ1) is 48.8. The minimum absolute atomic E-state index is 0.0338. The molecule has 0 bridgehead atoms. The van der Waals surface area contributed by atoms with Crippen molar-refractivity contribution < 1.29 is 0 Å². The average Bonchev–Trinajstić information content (AvgIpc) is 3.66. The van der Waals surface area contributed by atoms with Gasteiger partial charge in [-0.2, -0.15) is 0 Å². The third kappa shape index (κ3) is 7.38. The zero-order chi connectivity index (χ0) is 50.9. The van der Waals surface area contributed by atoms with Crippen LogP contribution in [0, 0.1) is 20.8 Å². The van der Waals surface area contributed by atoms with Gasteiger partial charge in [0.05, 0.1) is 0 Å². The van der Waals surface area contributed by atoms with E-state index < -0.39 is 0 Å². The van der Waals surface area contributed by atoms with Gasteiger partial charge in [0.15, 0.2) is 0 Å². The molecule has 0 radical (unpaired) electrons. The van der Waals surface area contributed by atoms with Gasteiger partial charge >= 0.3 is 0 Å². The Morgan fingerprint density at radius 3 is 1.89 bits per heavy atom. The molecule has 0 aromatic heterocycles. The Morgan fingerprint density at radius 2 is 1.29 bits per heavy atom. The molecule has 362 valence electrons. The highest BCUT2D eigenvalue weighted by Gasteiger charge is 2.61. The van der Waals surface area contributed by atoms with Crippen LogP contribution in [-0.4, -0.2) is 0 Å². The lowest BCUT2D eigenvalue weighted by Gasteiger charge is -2.61. The first-order valence-corrected chi connectivity index (χ1v) is 27.1. The topological polar surface area (TPSA) is 0 Å². The normalized spacial score (nSPS) is 18.7. The van der Waals surface area contributed by atoms with Gasteiger partial charge < -0.3 is 0 Å². The number of hydrogen-bond acceptors (Lipinski definition) is 0. The Morgan fingerprint density at radius 1 is 0.708 bits per heavy atom. The van der Waals surface area contributed by atoms with Crippen LogP contribution in [0.2, 0.25) is 0 Å². The number of benzene rings is 8. The molecule has 8 aromatic rings. The van der Waals surface area contributed by atoms with Gasteiger partial charge in [0.25, 0.3) is 0 Å². The third-order valence-corrected chi connectivity index (χ3v) is 17.5. The zero-order valence-corrected chi connectivity index (χ0v) is 45.3. The van der Waals surface area contributed by atoms with Crippen molar-refractivity contribution in [1.29, 1.82) is 0 Å². The SMILES string of the molecule is C=CC1=C(/C=C\CC)C2(C)c3c4c(cc(C)c3C12)C(C)c1c-4cc(Cc2cc(C(=C(\C)C=C)/C(CC(C)c3ccccc3C)=C(/C)CC)c(C)c3cc4ccccc4cc23)c2cc3ccccc3cc12.CC. The van der Waals surface area contributed by atoms with Gasteiger partial charge in [0.2, 0.25) is 0 Å². The van der Waals surface area contributed by atoms with Gasteiger partial charge in [-0.25, -0.2) is 0 Å². The van der Waals surface area contributed by atoms with Gasteiger partial charge in [-0.05, 0) is 246 Å². The quantitative estimate of drug-likeness (QED) is 0.0846. The molecule has 0 N–H and O–H groups in total. The average molecular weight is 939 g/mol. The van der Waals surface area contributed by atoms with Crippen LogP contribution in [0.25, 0.3) is 59.8 Å². The minimum atomic E-state index is -0.0338. The summed E-state index contributed by atoms with van der Waals surface area (Å²) in [7, 11) is 0. The maximum Gasteiger partial charge on any atom is 0.0296 e. The second kappa shape index (κ2) is 19.0. The van der Waals surface area contributed by atoms with E-state index in [9.17, 15) is 0 Å². The maximum absolute atomic E-state index is 4.44. The van der Waals surface area contributed by atoms with Gasteiger partial charge in [-0.3, -0.25) is 0 Å². The third-order valence-electron chi connectivity index (χ3n) is 17.5. The Kier molecular flexibility index (Phi) is 12.9. The maximum atomic E-state index is 4.44. The number of rotatable bonds is 12. The van der Waals surface area contributed by atoms with Gasteiger partial charge in [0, 0.05) is 17.3 Å². The van der Waals surface area contributed by atoms with Crippen molar-refractivity contribution in [2.75, 3.05) is 0 Å². The standard InChI is InChI=1S/C70H68.C2H6/c1-13-17-30-63-53(16-4)68-65-44(9)32-57-46(11)66-61-37-50-28-22-21-27-49(50)36-60(61)52(39-62(66)67(57)69(65)70(63,68)12)33-51-38-58(45(10)56-34-47-25-19-20-26-48(47)35-59(51)56)64(41(6)15-3)55(40(5)14-2)31-43(8)54-29-23-18-24-42(54)7;1-2/h15-30,32,34-39,43,46,68H,3-4,13-14,31,33H2,1-2,5-12H3;1-2H3/b30-17-,55-40-,64-41+;. The molecule has 0 heteroatoms. The Bertz CT molecular complexity index is 3700. The lowest BCUT2D eigenvalue weighted by atomic mass is 9.41. The summed E-state index contributed by atoms with van der Waals surface area (Å²) in [6.45, 7) is 36.4. The van der Waals surface area contributed by atoms with Crippen LogP contribution < -0.4 is 0 Å². The number of fused-ring (bicyclic) bond motifs is 13. The van der Waals surface area contributed by atoms with Crippen molar-refractivity contribution in [3.8, 4) is 11.1 Å². The second-order valence-electron chi connectivity index (χ2n) is 21.4. The van der Waals surface area contributed by atoms with Gasteiger partial charge in [-0.15, -0.1) is 0 Å². The largest absolute Gasteiger partial charge is 0.0988 e. The highest BCUT2D eigenvalue weighted by Crippen LogP contribution is 2.72. The summed E-state index contributed by atoms with van der Waals surface area (Å²) in [6, 6.07) is 44.6. The summed E-state index contributed by atoms with van der Waals surface area (Å²) in [5.74, 6) is 1.02.